The summed E-state index contributed by atoms with van der Waals surface area (Å²) in [5.74, 6) is -0.421. The van der Waals surface area contributed by atoms with E-state index in [4.69, 9.17) is 18.9 Å². The SMILES string of the molecule is C=COCCOCCC(OC(=O)C=C)C1CCCO1. The molecule has 2 atom stereocenters. The van der Waals surface area contributed by atoms with Gasteiger partial charge in [-0.05, 0) is 12.8 Å². The number of carbonyl (C=O) groups is 1. The Kier molecular flexibility index (Phi) is 7.93. The molecule has 0 aromatic heterocycles. The summed E-state index contributed by atoms with van der Waals surface area (Å²) in [6, 6.07) is 0. The Bertz CT molecular complexity index is 284. The van der Waals surface area contributed by atoms with Crippen LogP contribution in [0.2, 0.25) is 0 Å². The summed E-state index contributed by atoms with van der Waals surface area (Å²) in [6.45, 7) is 9.01. The van der Waals surface area contributed by atoms with Gasteiger partial charge in [-0.2, -0.15) is 0 Å². The minimum absolute atomic E-state index is 0.0306. The lowest BCUT2D eigenvalue weighted by Crippen LogP contribution is -2.31. The molecule has 2 unspecified atom stereocenters. The predicted octanol–water partition coefficient (Wildman–Crippen LogP) is 1.83. The number of hydrogen-bond donors (Lipinski definition) is 0. The summed E-state index contributed by atoms with van der Waals surface area (Å²) < 4.78 is 21.2. The van der Waals surface area contributed by atoms with Crippen molar-refractivity contribution in [2.24, 2.45) is 0 Å². The molecule has 0 radical (unpaired) electrons. The third-order valence-corrected chi connectivity index (χ3v) is 2.82. The average Bonchev–Trinajstić information content (AvgIpc) is 2.95. The van der Waals surface area contributed by atoms with Crippen molar-refractivity contribution in [3.8, 4) is 0 Å². The molecule has 0 bridgehead atoms. The number of rotatable bonds is 10. The largest absolute Gasteiger partial charge is 0.499 e. The van der Waals surface area contributed by atoms with Gasteiger partial charge in [-0.1, -0.05) is 13.2 Å². The molecule has 0 amide bonds. The summed E-state index contributed by atoms with van der Waals surface area (Å²) in [5.41, 5.74) is 0. The van der Waals surface area contributed by atoms with Crippen LogP contribution in [0.1, 0.15) is 19.3 Å². The van der Waals surface area contributed by atoms with Gasteiger partial charge in [0.1, 0.15) is 12.7 Å². The molecular weight excluding hydrogens is 248 g/mol. The molecule has 5 nitrogen and oxygen atoms in total. The molecular formula is C14H22O5. The summed E-state index contributed by atoms with van der Waals surface area (Å²) >= 11 is 0. The van der Waals surface area contributed by atoms with Gasteiger partial charge < -0.3 is 18.9 Å². The molecule has 1 heterocycles. The lowest BCUT2D eigenvalue weighted by Gasteiger charge is -2.22. The normalized spacial score (nSPS) is 19.7. The van der Waals surface area contributed by atoms with Gasteiger partial charge in [-0.15, -0.1) is 0 Å². The molecule has 1 aliphatic rings. The van der Waals surface area contributed by atoms with Crippen molar-refractivity contribution in [1.29, 1.82) is 0 Å². The Labute approximate surface area is 114 Å². The zero-order valence-electron chi connectivity index (χ0n) is 11.2. The van der Waals surface area contributed by atoms with Crippen LogP contribution in [0.5, 0.6) is 0 Å². The maximum atomic E-state index is 11.3. The standard InChI is InChI=1S/C14H22O5/c1-3-14(15)19-13(12-6-5-8-18-12)7-9-17-11-10-16-4-2/h3-4,12-13H,1-2,5-11H2. The molecule has 0 aromatic rings. The van der Waals surface area contributed by atoms with E-state index in [2.05, 4.69) is 13.2 Å². The molecule has 5 heteroatoms. The minimum atomic E-state index is -0.421. The summed E-state index contributed by atoms with van der Waals surface area (Å²) in [7, 11) is 0. The molecule has 108 valence electrons. The van der Waals surface area contributed by atoms with E-state index >= 15 is 0 Å². The predicted molar refractivity (Wildman–Crippen MR) is 70.6 cm³/mol. The fourth-order valence-electron chi connectivity index (χ4n) is 1.91. The number of ether oxygens (including phenoxy) is 4. The van der Waals surface area contributed by atoms with Gasteiger partial charge in [-0.25, -0.2) is 4.79 Å². The van der Waals surface area contributed by atoms with Crippen LogP contribution < -0.4 is 0 Å². The van der Waals surface area contributed by atoms with Crippen LogP contribution in [0, 0.1) is 0 Å². The fourth-order valence-corrected chi connectivity index (χ4v) is 1.91. The van der Waals surface area contributed by atoms with Crippen molar-refractivity contribution in [2.45, 2.75) is 31.5 Å². The van der Waals surface area contributed by atoms with Crippen molar-refractivity contribution in [1.82, 2.24) is 0 Å². The highest BCUT2D eigenvalue weighted by molar-refractivity contribution is 5.81. The highest BCUT2D eigenvalue weighted by atomic mass is 16.6. The topological polar surface area (TPSA) is 54.0 Å². The van der Waals surface area contributed by atoms with Crippen LogP contribution in [0.15, 0.2) is 25.5 Å². The van der Waals surface area contributed by atoms with Gasteiger partial charge in [-0.3, -0.25) is 0 Å². The van der Waals surface area contributed by atoms with E-state index in [1.54, 1.807) is 0 Å². The smallest absolute Gasteiger partial charge is 0.330 e. The second-order valence-electron chi connectivity index (χ2n) is 4.17. The lowest BCUT2D eigenvalue weighted by atomic mass is 10.1. The number of hydrogen-bond acceptors (Lipinski definition) is 5. The Hall–Kier alpha value is -1.33. The van der Waals surface area contributed by atoms with Crippen molar-refractivity contribution >= 4 is 5.97 Å². The van der Waals surface area contributed by atoms with E-state index in [9.17, 15) is 4.79 Å². The van der Waals surface area contributed by atoms with E-state index in [0.717, 1.165) is 19.4 Å². The van der Waals surface area contributed by atoms with Gasteiger partial charge in [0.25, 0.3) is 0 Å². The van der Waals surface area contributed by atoms with Crippen LogP contribution >= 0.6 is 0 Å². The van der Waals surface area contributed by atoms with Gasteiger partial charge >= 0.3 is 5.97 Å². The molecule has 1 rings (SSSR count). The first-order valence-corrected chi connectivity index (χ1v) is 6.53. The quantitative estimate of drug-likeness (QED) is 0.262. The van der Waals surface area contributed by atoms with Crippen LogP contribution in [0.25, 0.3) is 0 Å². The Morgan fingerprint density at radius 3 is 2.84 bits per heavy atom. The maximum Gasteiger partial charge on any atom is 0.330 e. The Morgan fingerprint density at radius 1 is 1.37 bits per heavy atom. The van der Waals surface area contributed by atoms with Crippen molar-refractivity contribution < 1.29 is 23.7 Å². The van der Waals surface area contributed by atoms with Crippen LogP contribution in [-0.2, 0) is 23.7 Å². The second kappa shape index (κ2) is 9.58. The van der Waals surface area contributed by atoms with Gasteiger partial charge in [0.05, 0.1) is 25.6 Å². The van der Waals surface area contributed by atoms with Crippen LogP contribution in [0.4, 0.5) is 0 Å². The van der Waals surface area contributed by atoms with E-state index in [0.29, 0.717) is 26.2 Å². The maximum absolute atomic E-state index is 11.3. The van der Waals surface area contributed by atoms with Crippen molar-refractivity contribution in [2.75, 3.05) is 26.4 Å². The molecule has 1 aliphatic heterocycles. The average molecular weight is 270 g/mol. The molecule has 1 saturated heterocycles. The molecule has 19 heavy (non-hydrogen) atoms. The van der Waals surface area contributed by atoms with E-state index in [1.807, 2.05) is 0 Å². The number of esters is 1. The van der Waals surface area contributed by atoms with Gasteiger partial charge in [0.2, 0.25) is 0 Å². The highest BCUT2D eigenvalue weighted by Crippen LogP contribution is 2.20. The molecule has 1 fully saturated rings. The summed E-state index contributed by atoms with van der Waals surface area (Å²) in [6.07, 6.45) is 4.77. The van der Waals surface area contributed by atoms with Crippen molar-refractivity contribution in [3.05, 3.63) is 25.5 Å². The zero-order valence-corrected chi connectivity index (χ0v) is 11.2. The second-order valence-corrected chi connectivity index (χ2v) is 4.17. The van der Waals surface area contributed by atoms with E-state index in [1.165, 1.54) is 12.3 Å². The first kappa shape index (κ1) is 15.7. The van der Waals surface area contributed by atoms with Crippen LogP contribution in [0.3, 0.4) is 0 Å². The third-order valence-electron chi connectivity index (χ3n) is 2.82. The molecule has 0 spiro atoms. The zero-order chi connectivity index (χ0) is 13.9. The van der Waals surface area contributed by atoms with Gasteiger partial charge in [0.15, 0.2) is 0 Å². The molecule has 0 aromatic carbocycles. The van der Waals surface area contributed by atoms with E-state index < -0.39 is 5.97 Å². The monoisotopic (exact) mass is 270 g/mol. The molecule has 0 saturated carbocycles. The molecule has 0 aliphatic carbocycles. The lowest BCUT2D eigenvalue weighted by molar-refractivity contribution is -0.151. The molecule has 0 N–H and O–H groups in total. The number of carbonyl (C=O) groups excluding carboxylic acids is 1. The summed E-state index contributed by atoms with van der Waals surface area (Å²) in [4.78, 5) is 11.3. The fraction of sp³-hybridized carbons (Fsp3) is 0.643. The van der Waals surface area contributed by atoms with Crippen molar-refractivity contribution in [3.63, 3.8) is 0 Å². The first-order chi connectivity index (χ1) is 9.27. The van der Waals surface area contributed by atoms with Gasteiger partial charge in [0, 0.05) is 19.1 Å². The van der Waals surface area contributed by atoms with E-state index in [-0.39, 0.29) is 12.2 Å². The minimum Gasteiger partial charge on any atom is -0.499 e. The highest BCUT2D eigenvalue weighted by Gasteiger charge is 2.28. The summed E-state index contributed by atoms with van der Waals surface area (Å²) in [5, 5.41) is 0. The Balaban J connectivity index is 2.25. The third kappa shape index (κ3) is 6.40. The van der Waals surface area contributed by atoms with Crippen LogP contribution in [-0.4, -0.2) is 44.6 Å². The Morgan fingerprint density at radius 2 is 2.21 bits per heavy atom. The first-order valence-electron chi connectivity index (χ1n) is 6.53.